The van der Waals surface area contributed by atoms with Crippen LogP contribution in [0.5, 0.6) is 0 Å². The zero-order chi connectivity index (χ0) is 17.6. The van der Waals surface area contributed by atoms with Gasteiger partial charge in [-0.05, 0) is 12.1 Å². The van der Waals surface area contributed by atoms with Crippen molar-refractivity contribution in [1.29, 1.82) is 0 Å². The Balaban J connectivity index is 1.61. The van der Waals surface area contributed by atoms with Gasteiger partial charge in [-0.3, -0.25) is 4.79 Å². The van der Waals surface area contributed by atoms with Crippen molar-refractivity contribution in [3.63, 3.8) is 0 Å². The van der Waals surface area contributed by atoms with Gasteiger partial charge in [0.2, 0.25) is 0 Å². The first-order valence-corrected chi connectivity index (χ1v) is 8.26. The summed E-state index contributed by atoms with van der Waals surface area (Å²) < 4.78 is 5.91. The number of nitrogens with zero attached hydrogens (tertiary/aromatic N) is 2. The highest BCUT2D eigenvalue weighted by Crippen LogP contribution is 2.14. The third-order valence-electron chi connectivity index (χ3n) is 3.42. The van der Waals surface area contributed by atoms with Gasteiger partial charge in [0.15, 0.2) is 18.2 Å². The van der Waals surface area contributed by atoms with Crippen LogP contribution in [0.25, 0.3) is 11.4 Å². The number of hydrogen-bond acceptors (Lipinski definition) is 5. The van der Waals surface area contributed by atoms with Gasteiger partial charge in [0.25, 0.3) is 0 Å². The number of benzene rings is 2. The molecule has 25 heavy (non-hydrogen) atoms. The fourth-order valence-corrected chi connectivity index (χ4v) is 2.37. The van der Waals surface area contributed by atoms with E-state index in [9.17, 15) is 9.59 Å². The molecule has 0 saturated carbocycles. The summed E-state index contributed by atoms with van der Waals surface area (Å²) in [6, 6.07) is 16.3. The lowest BCUT2D eigenvalue weighted by Crippen LogP contribution is -2.14. The van der Waals surface area contributed by atoms with E-state index in [1.165, 1.54) is 12.4 Å². The molecule has 0 aliphatic carbocycles. The first kappa shape index (κ1) is 17.0. The minimum atomic E-state index is -0.634. The first-order valence-electron chi connectivity index (χ1n) is 7.47. The number of hydrogen-bond donors (Lipinski definition) is 0. The lowest BCUT2D eigenvalue weighted by atomic mass is 10.1. The Morgan fingerprint density at radius 1 is 0.880 bits per heavy atom. The second-order valence-electron chi connectivity index (χ2n) is 5.17. The van der Waals surface area contributed by atoms with E-state index in [0.717, 1.165) is 10.0 Å². The van der Waals surface area contributed by atoms with Gasteiger partial charge in [-0.15, -0.1) is 0 Å². The van der Waals surface area contributed by atoms with Crippen molar-refractivity contribution in [3.05, 3.63) is 82.6 Å². The van der Waals surface area contributed by atoms with Crippen molar-refractivity contribution in [1.82, 2.24) is 9.97 Å². The summed E-state index contributed by atoms with van der Waals surface area (Å²) in [4.78, 5) is 32.4. The van der Waals surface area contributed by atoms with Gasteiger partial charge in [0.1, 0.15) is 0 Å². The molecule has 5 nitrogen and oxygen atoms in total. The Labute approximate surface area is 152 Å². The largest absolute Gasteiger partial charge is 0.454 e. The Morgan fingerprint density at radius 3 is 2.16 bits per heavy atom. The van der Waals surface area contributed by atoms with Crippen molar-refractivity contribution in [2.75, 3.05) is 6.61 Å². The van der Waals surface area contributed by atoms with Crippen LogP contribution in [0.1, 0.15) is 20.7 Å². The number of esters is 1. The third kappa shape index (κ3) is 4.36. The monoisotopic (exact) mass is 396 g/mol. The van der Waals surface area contributed by atoms with E-state index in [4.69, 9.17) is 4.74 Å². The van der Waals surface area contributed by atoms with Crippen LogP contribution in [0.15, 0.2) is 71.5 Å². The molecule has 1 heterocycles. The fraction of sp³-hybridized carbons (Fsp3) is 0.0526. The van der Waals surface area contributed by atoms with Crippen molar-refractivity contribution < 1.29 is 14.3 Å². The van der Waals surface area contributed by atoms with E-state index in [1.807, 2.05) is 30.3 Å². The molecule has 2 aromatic carbocycles. The smallest absolute Gasteiger partial charge is 0.341 e. The van der Waals surface area contributed by atoms with Gasteiger partial charge in [0.05, 0.1) is 5.56 Å². The summed E-state index contributed by atoms with van der Waals surface area (Å²) in [6.45, 7) is -0.332. The number of rotatable bonds is 5. The maximum Gasteiger partial charge on any atom is 0.341 e. The van der Waals surface area contributed by atoms with Crippen molar-refractivity contribution in [3.8, 4) is 11.4 Å². The van der Waals surface area contributed by atoms with Crippen LogP contribution >= 0.6 is 15.9 Å². The zero-order valence-electron chi connectivity index (χ0n) is 13.1. The minimum Gasteiger partial charge on any atom is -0.454 e. The molecule has 0 amide bonds. The number of aromatic nitrogens is 2. The minimum absolute atomic E-state index is 0.197. The van der Waals surface area contributed by atoms with Gasteiger partial charge >= 0.3 is 5.97 Å². The Hall–Kier alpha value is -2.86. The van der Waals surface area contributed by atoms with Crippen LogP contribution in [0, 0.1) is 0 Å². The molecule has 0 fully saturated rings. The standard InChI is InChI=1S/C19H13BrN2O3/c20-16-8-6-13(7-9-16)17(23)12-25-19(24)15-10-21-18(22-11-15)14-4-2-1-3-5-14/h1-11H,12H2. The van der Waals surface area contributed by atoms with Crippen LogP contribution in [0.3, 0.4) is 0 Å². The summed E-state index contributed by atoms with van der Waals surface area (Å²) in [5.41, 5.74) is 1.53. The highest BCUT2D eigenvalue weighted by molar-refractivity contribution is 9.10. The molecule has 0 aliphatic heterocycles. The second kappa shape index (κ2) is 7.81. The Morgan fingerprint density at radius 2 is 1.52 bits per heavy atom. The fourth-order valence-electron chi connectivity index (χ4n) is 2.10. The first-order chi connectivity index (χ1) is 12.1. The van der Waals surface area contributed by atoms with Gasteiger partial charge in [0, 0.05) is 28.0 Å². The van der Waals surface area contributed by atoms with Crippen LogP contribution in [0.4, 0.5) is 0 Å². The normalized spacial score (nSPS) is 10.3. The summed E-state index contributed by atoms with van der Waals surface area (Å²) in [7, 11) is 0. The SMILES string of the molecule is O=C(COC(=O)c1cnc(-c2ccccc2)nc1)c1ccc(Br)cc1. The second-order valence-corrected chi connectivity index (χ2v) is 6.08. The summed E-state index contributed by atoms with van der Waals surface area (Å²) in [5.74, 6) is -0.393. The van der Waals surface area contributed by atoms with Gasteiger partial charge in [-0.25, -0.2) is 14.8 Å². The van der Waals surface area contributed by atoms with E-state index in [1.54, 1.807) is 24.3 Å². The molecule has 0 atom stereocenters. The molecule has 0 aliphatic rings. The molecule has 0 unspecified atom stereocenters. The number of ether oxygens (including phenoxy) is 1. The van der Waals surface area contributed by atoms with Crippen LogP contribution in [-0.2, 0) is 4.74 Å². The molecule has 0 spiro atoms. The summed E-state index contributed by atoms with van der Waals surface area (Å²) in [6.07, 6.45) is 2.78. The van der Waals surface area contributed by atoms with Crippen molar-refractivity contribution in [2.45, 2.75) is 0 Å². The van der Waals surface area contributed by atoms with E-state index >= 15 is 0 Å². The predicted molar refractivity (Wildman–Crippen MR) is 96.2 cm³/mol. The van der Waals surface area contributed by atoms with E-state index in [2.05, 4.69) is 25.9 Å². The molecule has 3 aromatic rings. The molecule has 3 rings (SSSR count). The quantitative estimate of drug-likeness (QED) is 0.482. The number of carbonyl (C=O) groups excluding carboxylic acids is 2. The van der Waals surface area contributed by atoms with Crippen LogP contribution in [0.2, 0.25) is 0 Å². The molecular weight excluding hydrogens is 384 g/mol. The molecule has 0 bridgehead atoms. The van der Waals surface area contributed by atoms with E-state index in [0.29, 0.717) is 11.4 Å². The number of halogens is 1. The molecule has 124 valence electrons. The van der Waals surface area contributed by atoms with Crippen molar-refractivity contribution >= 4 is 27.7 Å². The van der Waals surface area contributed by atoms with E-state index < -0.39 is 5.97 Å². The van der Waals surface area contributed by atoms with Crippen LogP contribution in [-0.4, -0.2) is 28.3 Å². The van der Waals surface area contributed by atoms with E-state index in [-0.39, 0.29) is 18.0 Å². The van der Waals surface area contributed by atoms with Gasteiger partial charge in [-0.1, -0.05) is 58.4 Å². The Bertz CT molecular complexity index is 879. The predicted octanol–water partition coefficient (Wildman–Crippen LogP) is 3.95. The molecule has 1 aromatic heterocycles. The topological polar surface area (TPSA) is 69.2 Å². The molecule has 0 N–H and O–H groups in total. The highest BCUT2D eigenvalue weighted by atomic mass is 79.9. The zero-order valence-corrected chi connectivity index (χ0v) is 14.6. The third-order valence-corrected chi connectivity index (χ3v) is 3.95. The average Bonchev–Trinajstić information content (AvgIpc) is 2.67. The number of ketones is 1. The maximum atomic E-state index is 12.0. The highest BCUT2D eigenvalue weighted by Gasteiger charge is 2.13. The van der Waals surface area contributed by atoms with Gasteiger partial charge in [-0.2, -0.15) is 0 Å². The summed E-state index contributed by atoms with van der Waals surface area (Å²) in [5, 5.41) is 0. The lowest BCUT2D eigenvalue weighted by Gasteiger charge is -2.05. The lowest BCUT2D eigenvalue weighted by molar-refractivity contribution is 0.0474. The molecule has 0 saturated heterocycles. The molecule has 6 heteroatoms. The number of Topliss-reactive ketones (excluding diaryl/α,β-unsaturated/α-hetero) is 1. The van der Waals surface area contributed by atoms with Crippen molar-refractivity contribution in [2.24, 2.45) is 0 Å². The average molecular weight is 397 g/mol. The number of carbonyl (C=O) groups is 2. The molecule has 0 radical (unpaired) electrons. The Kier molecular flexibility index (Phi) is 5.30. The summed E-state index contributed by atoms with van der Waals surface area (Å²) >= 11 is 3.30. The van der Waals surface area contributed by atoms with Gasteiger partial charge < -0.3 is 4.74 Å². The van der Waals surface area contributed by atoms with Crippen LogP contribution < -0.4 is 0 Å². The maximum absolute atomic E-state index is 12.0. The molecular formula is C19H13BrN2O3.